The van der Waals surface area contributed by atoms with E-state index >= 15 is 0 Å². The lowest BCUT2D eigenvalue weighted by atomic mass is 9.94. The number of rotatable bonds is 6. The third-order valence-corrected chi connectivity index (χ3v) is 6.54. The fraction of sp³-hybridized carbons (Fsp3) is 0.400. The van der Waals surface area contributed by atoms with Crippen LogP contribution in [-0.2, 0) is 11.3 Å². The summed E-state index contributed by atoms with van der Waals surface area (Å²) < 4.78 is 6.45. The Balaban J connectivity index is 1.33. The minimum atomic E-state index is 0.0192. The molecule has 3 aromatic rings. The molecule has 4 rings (SSSR count). The van der Waals surface area contributed by atoms with Crippen LogP contribution in [-0.4, -0.2) is 34.0 Å². The highest BCUT2D eigenvalue weighted by Crippen LogP contribution is 2.29. The second kappa shape index (κ2) is 9.96. The van der Waals surface area contributed by atoms with E-state index in [9.17, 15) is 4.79 Å². The SMILES string of the molecule is Cc1cccc(C(C)C)c1NC(=O)C1CCN(Cc2nc(-c3cccc(Br)c3)no2)CC1. The molecule has 0 spiro atoms. The van der Waals surface area contributed by atoms with Crippen LogP contribution in [0.25, 0.3) is 11.4 Å². The van der Waals surface area contributed by atoms with Gasteiger partial charge in [0, 0.05) is 21.6 Å². The van der Waals surface area contributed by atoms with Crippen molar-refractivity contribution < 1.29 is 9.32 Å². The fourth-order valence-corrected chi connectivity index (χ4v) is 4.58. The van der Waals surface area contributed by atoms with Crippen molar-refractivity contribution in [1.29, 1.82) is 0 Å². The van der Waals surface area contributed by atoms with Crippen LogP contribution in [0.1, 0.15) is 49.6 Å². The zero-order valence-corrected chi connectivity index (χ0v) is 20.4. The molecular weight excluding hydrogens is 468 g/mol. The number of hydrogen-bond donors (Lipinski definition) is 1. The van der Waals surface area contributed by atoms with Gasteiger partial charge in [-0.1, -0.05) is 65.3 Å². The standard InChI is InChI=1S/C25H29BrN4O2/c1-16(2)21-9-4-6-17(3)23(21)28-25(31)18-10-12-30(13-11-18)15-22-27-24(29-32-22)19-7-5-8-20(26)14-19/h4-9,14,16,18H,10-13,15H2,1-3H3,(H,28,31). The van der Waals surface area contributed by atoms with Crippen molar-refractivity contribution in [3.05, 3.63) is 64.0 Å². The Morgan fingerprint density at radius 1 is 1.22 bits per heavy atom. The summed E-state index contributed by atoms with van der Waals surface area (Å²) in [7, 11) is 0. The lowest BCUT2D eigenvalue weighted by Crippen LogP contribution is -2.38. The van der Waals surface area contributed by atoms with Gasteiger partial charge in [0.25, 0.3) is 0 Å². The number of nitrogens with one attached hydrogen (secondary N) is 1. The molecular formula is C25H29BrN4O2. The molecule has 1 fully saturated rings. The molecule has 2 heterocycles. The van der Waals surface area contributed by atoms with E-state index in [1.54, 1.807) is 0 Å². The van der Waals surface area contributed by atoms with Crippen molar-refractivity contribution in [2.75, 3.05) is 18.4 Å². The van der Waals surface area contributed by atoms with Gasteiger partial charge in [0.05, 0.1) is 6.54 Å². The zero-order chi connectivity index (χ0) is 22.7. The average molecular weight is 497 g/mol. The van der Waals surface area contributed by atoms with Crippen LogP contribution in [0.2, 0.25) is 0 Å². The molecule has 0 unspecified atom stereocenters. The number of carbonyl (C=O) groups is 1. The lowest BCUT2D eigenvalue weighted by molar-refractivity contribution is -0.121. The van der Waals surface area contributed by atoms with Crippen LogP contribution in [0.4, 0.5) is 5.69 Å². The predicted molar refractivity (Wildman–Crippen MR) is 129 cm³/mol. The Morgan fingerprint density at radius 2 is 1.97 bits per heavy atom. The van der Waals surface area contributed by atoms with Gasteiger partial charge in [-0.15, -0.1) is 0 Å². The molecule has 1 amide bonds. The van der Waals surface area contributed by atoms with Gasteiger partial charge >= 0.3 is 0 Å². The third-order valence-electron chi connectivity index (χ3n) is 6.04. The number of aryl methyl sites for hydroxylation is 1. The van der Waals surface area contributed by atoms with Crippen LogP contribution in [0.3, 0.4) is 0 Å². The molecule has 2 aromatic carbocycles. The number of aromatic nitrogens is 2. The van der Waals surface area contributed by atoms with Crippen molar-refractivity contribution in [1.82, 2.24) is 15.0 Å². The molecule has 0 bridgehead atoms. The maximum absolute atomic E-state index is 13.0. The highest BCUT2D eigenvalue weighted by molar-refractivity contribution is 9.10. The van der Waals surface area contributed by atoms with E-state index in [2.05, 4.69) is 75.3 Å². The Labute approximate surface area is 197 Å². The maximum Gasteiger partial charge on any atom is 0.241 e. The summed E-state index contributed by atoms with van der Waals surface area (Å²) in [4.78, 5) is 19.8. The van der Waals surface area contributed by atoms with Gasteiger partial charge in [0.2, 0.25) is 17.6 Å². The van der Waals surface area contributed by atoms with E-state index < -0.39 is 0 Å². The number of piperidine rings is 1. The van der Waals surface area contributed by atoms with Crippen LogP contribution >= 0.6 is 15.9 Å². The normalized spacial score (nSPS) is 15.3. The maximum atomic E-state index is 13.0. The second-order valence-corrected chi connectivity index (χ2v) is 9.67. The van der Waals surface area contributed by atoms with Gasteiger partial charge in [-0.3, -0.25) is 9.69 Å². The van der Waals surface area contributed by atoms with Crippen molar-refractivity contribution >= 4 is 27.5 Å². The number of para-hydroxylation sites is 1. The van der Waals surface area contributed by atoms with Crippen molar-refractivity contribution in [2.24, 2.45) is 5.92 Å². The van der Waals surface area contributed by atoms with Gasteiger partial charge in [-0.2, -0.15) is 4.98 Å². The van der Waals surface area contributed by atoms with Gasteiger partial charge in [0.15, 0.2) is 0 Å². The molecule has 0 radical (unpaired) electrons. The molecule has 0 atom stereocenters. The summed E-state index contributed by atoms with van der Waals surface area (Å²) >= 11 is 3.47. The van der Waals surface area contributed by atoms with Gasteiger partial charge in [-0.25, -0.2) is 0 Å². The van der Waals surface area contributed by atoms with Crippen LogP contribution in [0.15, 0.2) is 51.5 Å². The first-order valence-corrected chi connectivity index (χ1v) is 11.9. The molecule has 1 aromatic heterocycles. The first kappa shape index (κ1) is 22.7. The highest BCUT2D eigenvalue weighted by atomic mass is 79.9. The topological polar surface area (TPSA) is 71.3 Å². The lowest BCUT2D eigenvalue weighted by Gasteiger charge is -2.30. The Kier molecular flexibility index (Phi) is 7.06. The monoisotopic (exact) mass is 496 g/mol. The van der Waals surface area contributed by atoms with Crippen LogP contribution < -0.4 is 5.32 Å². The summed E-state index contributed by atoms with van der Waals surface area (Å²) in [6, 6.07) is 14.1. The zero-order valence-electron chi connectivity index (χ0n) is 18.8. The van der Waals surface area contributed by atoms with E-state index in [1.807, 2.05) is 24.3 Å². The quantitative estimate of drug-likeness (QED) is 0.468. The minimum Gasteiger partial charge on any atom is -0.338 e. The summed E-state index contributed by atoms with van der Waals surface area (Å²) in [6.07, 6.45) is 1.64. The van der Waals surface area contributed by atoms with Crippen molar-refractivity contribution in [3.8, 4) is 11.4 Å². The highest BCUT2D eigenvalue weighted by Gasteiger charge is 2.27. The van der Waals surface area contributed by atoms with Crippen molar-refractivity contribution in [3.63, 3.8) is 0 Å². The molecule has 1 saturated heterocycles. The molecule has 1 aliphatic heterocycles. The molecule has 32 heavy (non-hydrogen) atoms. The first-order chi connectivity index (χ1) is 15.4. The first-order valence-electron chi connectivity index (χ1n) is 11.1. The average Bonchev–Trinajstić information content (AvgIpc) is 3.24. The molecule has 7 heteroatoms. The molecule has 0 aliphatic carbocycles. The number of amides is 1. The molecule has 1 N–H and O–H groups in total. The Morgan fingerprint density at radius 3 is 2.69 bits per heavy atom. The predicted octanol–water partition coefficient (Wildman–Crippen LogP) is 5.78. The third kappa shape index (κ3) is 5.27. The van der Waals surface area contributed by atoms with Crippen LogP contribution in [0.5, 0.6) is 0 Å². The van der Waals surface area contributed by atoms with Gasteiger partial charge in [-0.05, 0) is 62.0 Å². The number of carbonyl (C=O) groups excluding carboxylic acids is 1. The summed E-state index contributed by atoms with van der Waals surface area (Å²) in [5, 5.41) is 7.33. The largest absolute Gasteiger partial charge is 0.338 e. The number of hydrogen-bond acceptors (Lipinski definition) is 5. The Bertz CT molecular complexity index is 1090. The number of halogens is 1. The number of nitrogens with zero attached hydrogens (tertiary/aromatic N) is 3. The number of benzene rings is 2. The minimum absolute atomic E-state index is 0.0192. The summed E-state index contributed by atoms with van der Waals surface area (Å²) in [6.45, 7) is 8.63. The van der Waals surface area contributed by atoms with E-state index in [0.717, 1.165) is 47.2 Å². The number of anilines is 1. The van der Waals surface area contributed by atoms with E-state index in [0.29, 0.717) is 24.2 Å². The van der Waals surface area contributed by atoms with E-state index in [4.69, 9.17) is 4.52 Å². The molecule has 1 aliphatic rings. The molecule has 0 saturated carbocycles. The van der Waals surface area contributed by atoms with Gasteiger partial charge < -0.3 is 9.84 Å². The van der Waals surface area contributed by atoms with Crippen molar-refractivity contribution in [2.45, 2.75) is 46.1 Å². The molecule has 6 nitrogen and oxygen atoms in total. The summed E-state index contributed by atoms with van der Waals surface area (Å²) in [5.41, 5.74) is 4.19. The fourth-order valence-electron chi connectivity index (χ4n) is 4.18. The molecule has 168 valence electrons. The number of likely N-dealkylation sites (tertiary alicyclic amines) is 1. The smallest absolute Gasteiger partial charge is 0.241 e. The van der Waals surface area contributed by atoms with Crippen LogP contribution in [0, 0.1) is 12.8 Å². The Hall–Kier alpha value is -2.51. The summed E-state index contributed by atoms with van der Waals surface area (Å²) in [5.74, 6) is 1.70. The van der Waals surface area contributed by atoms with E-state index in [-0.39, 0.29) is 11.8 Å². The van der Waals surface area contributed by atoms with Gasteiger partial charge in [0.1, 0.15) is 0 Å². The second-order valence-electron chi connectivity index (χ2n) is 8.76. The van der Waals surface area contributed by atoms with E-state index in [1.165, 1.54) is 5.56 Å².